The average Bonchev–Trinajstić information content (AvgIpc) is 2.39. The first-order chi connectivity index (χ1) is 8.70. The molecule has 4 nitrogen and oxygen atoms in total. The van der Waals surface area contributed by atoms with Gasteiger partial charge in [0.15, 0.2) is 0 Å². The molecule has 0 radical (unpaired) electrons. The summed E-state index contributed by atoms with van der Waals surface area (Å²) in [6.45, 7) is 1.85. The molecule has 1 saturated heterocycles. The molecule has 1 aromatic rings. The lowest BCUT2D eigenvalue weighted by molar-refractivity contribution is -0.121. The van der Waals surface area contributed by atoms with Crippen LogP contribution in [0, 0.1) is 17.2 Å². The first-order valence-electron chi connectivity index (χ1n) is 6.19. The normalized spacial score (nSPS) is 20.1. The molecule has 18 heavy (non-hydrogen) atoms. The van der Waals surface area contributed by atoms with Crippen LogP contribution in [0.25, 0.3) is 0 Å². The minimum Gasteiger partial charge on any atom is -0.325 e. The van der Waals surface area contributed by atoms with E-state index in [4.69, 9.17) is 5.26 Å². The highest BCUT2D eigenvalue weighted by molar-refractivity contribution is 5.94. The van der Waals surface area contributed by atoms with Crippen LogP contribution >= 0.6 is 0 Å². The Kier molecular flexibility index (Phi) is 3.96. The number of nitrogens with one attached hydrogen (secondary N) is 1. The molecule has 1 N–H and O–H groups in total. The lowest BCUT2D eigenvalue weighted by atomic mass is 9.97. The smallest absolute Gasteiger partial charge is 0.228 e. The van der Waals surface area contributed by atoms with E-state index in [0.717, 1.165) is 25.9 Å². The van der Waals surface area contributed by atoms with Crippen molar-refractivity contribution in [3.05, 3.63) is 29.8 Å². The Labute approximate surface area is 107 Å². The van der Waals surface area contributed by atoms with Crippen LogP contribution in [-0.4, -0.2) is 30.9 Å². The Balaban J connectivity index is 2.05. The molecule has 4 heteroatoms. The van der Waals surface area contributed by atoms with Crippen LogP contribution in [0.15, 0.2) is 24.3 Å². The minimum atomic E-state index is 0.0178. The molecule has 1 unspecified atom stereocenters. The van der Waals surface area contributed by atoms with E-state index in [9.17, 15) is 4.79 Å². The van der Waals surface area contributed by atoms with Crippen LogP contribution in [0.2, 0.25) is 0 Å². The van der Waals surface area contributed by atoms with E-state index in [1.807, 2.05) is 13.1 Å². The maximum absolute atomic E-state index is 12.1. The molecule has 94 valence electrons. The molecule has 1 aliphatic rings. The number of carbonyl (C=O) groups is 1. The molecule has 1 aliphatic heterocycles. The molecule has 0 aromatic heterocycles. The highest BCUT2D eigenvalue weighted by Crippen LogP contribution is 2.19. The van der Waals surface area contributed by atoms with Crippen molar-refractivity contribution < 1.29 is 4.79 Å². The first kappa shape index (κ1) is 12.6. The Morgan fingerprint density at radius 3 is 3.00 bits per heavy atom. The van der Waals surface area contributed by atoms with E-state index < -0.39 is 0 Å². The van der Waals surface area contributed by atoms with Crippen molar-refractivity contribution in [1.29, 1.82) is 5.26 Å². The quantitative estimate of drug-likeness (QED) is 0.862. The van der Waals surface area contributed by atoms with Crippen molar-refractivity contribution in [1.82, 2.24) is 4.90 Å². The molecule has 1 fully saturated rings. The van der Waals surface area contributed by atoms with Gasteiger partial charge in [0.25, 0.3) is 0 Å². The molecule has 0 aliphatic carbocycles. The maximum Gasteiger partial charge on any atom is 0.228 e. The summed E-state index contributed by atoms with van der Waals surface area (Å²) in [5, 5.41) is 11.8. The van der Waals surface area contributed by atoms with Crippen molar-refractivity contribution >= 4 is 11.6 Å². The van der Waals surface area contributed by atoms with Crippen LogP contribution in [0.4, 0.5) is 5.69 Å². The Bertz CT molecular complexity index is 478. The third-order valence-electron chi connectivity index (χ3n) is 3.30. The van der Waals surface area contributed by atoms with Gasteiger partial charge in [-0.05, 0) is 38.6 Å². The van der Waals surface area contributed by atoms with E-state index in [0.29, 0.717) is 11.3 Å². The summed E-state index contributed by atoms with van der Waals surface area (Å²) < 4.78 is 0. The van der Waals surface area contributed by atoms with Gasteiger partial charge in [0.05, 0.1) is 17.2 Å². The number of piperidine rings is 1. The van der Waals surface area contributed by atoms with Crippen LogP contribution in [0.1, 0.15) is 18.4 Å². The highest BCUT2D eigenvalue weighted by atomic mass is 16.1. The molecule has 0 saturated carbocycles. The second kappa shape index (κ2) is 5.65. The second-order valence-electron chi connectivity index (χ2n) is 4.75. The van der Waals surface area contributed by atoms with Gasteiger partial charge in [-0.2, -0.15) is 5.26 Å². The SMILES string of the molecule is CN1CCCC(C(=O)Nc2ccccc2C#N)C1. The monoisotopic (exact) mass is 243 g/mol. The van der Waals surface area contributed by atoms with Gasteiger partial charge in [0, 0.05) is 6.54 Å². The van der Waals surface area contributed by atoms with E-state index in [1.54, 1.807) is 18.2 Å². The average molecular weight is 243 g/mol. The fraction of sp³-hybridized carbons (Fsp3) is 0.429. The van der Waals surface area contributed by atoms with Crippen molar-refractivity contribution in [3.63, 3.8) is 0 Å². The number of carbonyl (C=O) groups excluding carboxylic acids is 1. The summed E-state index contributed by atoms with van der Waals surface area (Å²) in [7, 11) is 2.03. The predicted octanol–water partition coefficient (Wildman–Crippen LogP) is 1.84. The number of benzene rings is 1. The molecular weight excluding hydrogens is 226 g/mol. The largest absolute Gasteiger partial charge is 0.325 e. The first-order valence-corrected chi connectivity index (χ1v) is 6.19. The molecule has 1 heterocycles. The number of nitriles is 1. The number of rotatable bonds is 2. The summed E-state index contributed by atoms with van der Waals surface area (Å²) in [6.07, 6.45) is 1.97. The molecule has 0 spiro atoms. The Morgan fingerprint density at radius 1 is 1.50 bits per heavy atom. The van der Waals surface area contributed by atoms with Gasteiger partial charge in [-0.3, -0.25) is 4.79 Å². The Hall–Kier alpha value is -1.86. The zero-order valence-electron chi connectivity index (χ0n) is 10.5. The minimum absolute atomic E-state index is 0.0178. The third-order valence-corrected chi connectivity index (χ3v) is 3.30. The standard InChI is InChI=1S/C14H17N3O/c1-17-8-4-6-12(10-17)14(18)16-13-7-3-2-5-11(13)9-15/h2-3,5,7,12H,4,6,8,10H2,1H3,(H,16,18). The van der Waals surface area contributed by atoms with E-state index in [2.05, 4.69) is 16.3 Å². The van der Waals surface area contributed by atoms with E-state index in [-0.39, 0.29) is 11.8 Å². The van der Waals surface area contributed by atoms with Crippen molar-refractivity contribution in [3.8, 4) is 6.07 Å². The molecule has 2 rings (SSSR count). The van der Waals surface area contributed by atoms with Gasteiger partial charge in [-0.25, -0.2) is 0 Å². The number of para-hydroxylation sites is 1. The summed E-state index contributed by atoms with van der Waals surface area (Å²) in [5.41, 5.74) is 1.12. The lowest BCUT2D eigenvalue weighted by Crippen LogP contribution is -2.38. The number of nitrogens with zero attached hydrogens (tertiary/aromatic N) is 2. The third kappa shape index (κ3) is 2.88. The van der Waals surface area contributed by atoms with Gasteiger partial charge >= 0.3 is 0 Å². The Morgan fingerprint density at radius 2 is 2.28 bits per heavy atom. The van der Waals surface area contributed by atoms with E-state index in [1.165, 1.54) is 0 Å². The summed E-state index contributed by atoms with van der Waals surface area (Å²) in [4.78, 5) is 14.3. The second-order valence-corrected chi connectivity index (χ2v) is 4.75. The number of hydrogen-bond donors (Lipinski definition) is 1. The molecule has 1 aromatic carbocycles. The van der Waals surface area contributed by atoms with Crippen LogP contribution < -0.4 is 5.32 Å². The maximum atomic E-state index is 12.1. The van der Waals surface area contributed by atoms with Gasteiger partial charge in [-0.1, -0.05) is 12.1 Å². The van der Waals surface area contributed by atoms with Crippen molar-refractivity contribution in [2.24, 2.45) is 5.92 Å². The lowest BCUT2D eigenvalue weighted by Gasteiger charge is -2.28. The summed E-state index contributed by atoms with van der Waals surface area (Å²) in [6, 6.07) is 9.18. The fourth-order valence-electron chi connectivity index (χ4n) is 2.30. The zero-order valence-corrected chi connectivity index (χ0v) is 10.5. The van der Waals surface area contributed by atoms with Gasteiger partial charge in [-0.15, -0.1) is 0 Å². The summed E-state index contributed by atoms with van der Waals surface area (Å²) in [5.74, 6) is 0.0414. The van der Waals surface area contributed by atoms with Gasteiger partial charge in [0.1, 0.15) is 6.07 Å². The number of anilines is 1. The van der Waals surface area contributed by atoms with Crippen molar-refractivity contribution in [2.45, 2.75) is 12.8 Å². The van der Waals surface area contributed by atoms with Gasteiger partial charge < -0.3 is 10.2 Å². The zero-order chi connectivity index (χ0) is 13.0. The molecule has 1 atom stereocenters. The van der Waals surface area contributed by atoms with Crippen LogP contribution in [-0.2, 0) is 4.79 Å². The summed E-state index contributed by atoms with van der Waals surface area (Å²) >= 11 is 0. The number of amides is 1. The highest BCUT2D eigenvalue weighted by Gasteiger charge is 2.24. The molecule has 0 bridgehead atoms. The topological polar surface area (TPSA) is 56.1 Å². The number of hydrogen-bond acceptors (Lipinski definition) is 3. The van der Waals surface area contributed by atoms with Crippen LogP contribution in [0.5, 0.6) is 0 Å². The van der Waals surface area contributed by atoms with E-state index >= 15 is 0 Å². The number of likely N-dealkylation sites (tertiary alicyclic amines) is 1. The van der Waals surface area contributed by atoms with Crippen molar-refractivity contribution in [2.75, 3.05) is 25.5 Å². The predicted molar refractivity (Wildman–Crippen MR) is 70.0 cm³/mol. The molecular formula is C14H17N3O. The van der Waals surface area contributed by atoms with Crippen LogP contribution in [0.3, 0.4) is 0 Å². The molecule has 1 amide bonds. The van der Waals surface area contributed by atoms with Gasteiger partial charge in [0.2, 0.25) is 5.91 Å². The fourth-order valence-corrected chi connectivity index (χ4v) is 2.30.